The van der Waals surface area contributed by atoms with Crippen molar-refractivity contribution in [1.29, 1.82) is 0 Å². The van der Waals surface area contributed by atoms with E-state index in [0.717, 1.165) is 11.1 Å². The average molecular weight is 338 g/mol. The number of benzene rings is 1. The van der Waals surface area contributed by atoms with Gasteiger partial charge in [-0.15, -0.1) is 0 Å². The maximum Gasteiger partial charge on any atom is 0.259 e. The number of carbonyl (C=O) groups is 2. The normalized spacial score (nSPS) is 12.1. The van der Waals surface area contributed by atoms with Gasteiger partial charge < -0.3 is 15.6 Å². The quantitative estimate of drug-likeness (QED) is 0.757. The van der Waals surface area contributed by atoms with E-state index in [1.807, 2.05) is 31.2 Å². The number of hydrogen-bond donors (Lipinski definition) is 2. The van der Waals surface area contributed by atoms with Gasteiger partial charge in [-0.2, -0.15) is 0 Å². The predicted octanol–water partition coefficient (Wildman–Crippen LogP) is 2.11. The lowest BCUT2D eigenvalue weighted by atomic mass is 10.0. The number of hydrogen-bond acceptors (Lipinski definition) is 5. The number of nitrogens with zero attached hydrogens (tertiary/aromatic N) is 2. The van der Waals surface area contributed by atoms with E-state index in [0.29, 0.717) is 22.3 Å². The van der Waals surface area contributed by atoms with Crippen molar-refractivity contribution in [1.82, 2.24) is 15.5 Å². The molecule has 0 saturated carbocycles. The van der Waals surface area contributed by atoms with Crippen LogP contribution in [-0.2, 0) is 4.79 Å². The van der Waals surface area contributed by atoms with Crippen LogP contribution in [0.15, 0.2) is 34.9 Å². The lowest BCUT2D eigenvalue weighted by Crippen LogP contribution is -2.42. The van der Waals surface area contributed by atoms with Gasteiger partial charge in [0.05, 0.1) is 22.3 Å². The maximum absolute atomic E-state index is 12.6. The topological polar surface area (TPSA) is 111 Å². The van der Waals surface area contributed by atoms with Crippen LogP contribution >= 0.6 is 0 Å². The molecule has 1 aromatic carbocycles. The van der Waals surface area contributed by atoms with Gasteiger partial charge in [-0.1, -0.05) is 35.0 Å². The van der Waals surface area contributed by atoms with E-state index in [4.69, 9.17) is 10.3 Å². The Morgan fingerprint density at radius 1 is 1.20 bits per heavy atom. The maximum atomic E-state index is 12.6. The highest BCUT2D eigenvalue weighted by Crippen LogP contribution is 2.27. The van der Waals surface area contributed by atoms with Crippen molar-refractivity contribution in [3.63, 3.8) is 0 Å². The molecule has 7 nitrogen and oxygen atoms in total. The highest BCUT2D eigenvalue weighted by atomic mass is 16.5. The van der Waals surface area contributed by atoms with Gasteiger partial charge in [0, 0.05) is 5.56 Å². The zero-order valence-corrected chi connectivity index (χ0v) is 14.2. The Labute approximate surface area is 144 Å². The Bertz CT molecular complexity index is 960. The van der Waals surface area contributed by atoms with Crippen LogP contribution in [0.25, 0.3) is 22.4 Å². The first-order valence-corrected chi connectivity index (χ1v) is 7.81. The Hall–Kier alpha value is -3.22. The number of pyridine rings is 1. The third kappa shape index (κ3) is 3.21. The fourth-order valence-corrected chi connectivity index (χ4v) is 2.49. The SMILES string of the molecule is Cc1ccc(-c2cc(C(=O)N[C@@H](C)C(N)=O)c3c(C)noc3n2)cc1. The van der Waals surface area contributed by atoms with Gasteiger partial charge in [0.1, 0.15) is 6.04 Å². The number of carbonyl (C=O) groups excluding carboxylic acids is 2. The highest BCUT2D eigenvalue weighted by molar-refractivity contribution is 6.08. The summed E-state index contributed by atoms with van der Waals surface area (Å²) < 4.78 is 5.25. The zero-order chi connectivity index (χ0) is 18.1. The summed E-state index contributed by atoms with van der Waals surface area (Å²) in [5, 5.41) is 6.99. The molecular weight excluding hydrogens is 320 g/mol. The van der Waals surface area contributed by atoms with E-state index < -0.39 is 17.9 Å². The summed E-state index contributed by atoms with van der Waals surface area (Å²) in [5.74, 6) is -1.04. The van der Waals surface area contributed by atoms with Gasteiger partial charge in [-0.25, -0.2) is 4.98 Å². The summed E-state index contributed by atoms with van der Waals surface area (Å²) in [4.78, 5) is 28.3. The number of fused-ring (bicyclic) bond motifs is 1. The molecule has 0 bridgehead atoms. The number of aromatic nitrogens is 2. The van der Waals surface area contributed by atoms with Crippen molar-refractivity contribution < 1.29 is 14.1 Å². The number of amides is 2. The van der Waals surface area contributed by atoms with Gasteiger partial charge in [0.15, 0.2) is 0 Å². The second kappa shape index (κ2) is 6.35. The number of aryl methyl sites for hydroxylation is 2. The van der Waals surface area contributed by atoms with Gasteiger partial charge in [-0.3, -0.25) is 9.59 Å². The van der Waals surface area contributed by atoms with Gasteiger partial charge in [0.2, 0.25) is 5.91 Å². The summed E-state index contributed by atoms with van der Waals surface area (Å²) in [6, 6.07) is 8.63. The minimum absolute atomic E-state index is 0.271. The second-order valence-electron chi connectivity index (χ2n) is 5.97. The molecule has 1 atom stereocenters. The molecule has 7 heteroatoms. The molecule has 25 heavy (non-hydrogen) atoms. The molecule has 3 N–H and O–H groups in total. The molecule has 3 rings (SSSR count). The largest absolute Gasteiger partial charge is 0.368 e. The minimum Gasteiger partial charge on any atom is -0.368 e. The van der Waals surface area contributed by atoms with Gasteiger partial charge in [0.25, 0.3) is 11.6 Å². The number of nitrogens with two attached hydrogens (primary N) is 1. The molecule has 2 amide bonds. The monoisotopic (exact) mass is 338 g/mol. The number of nitrogens with one attached hydrogen (secondary N) is 1. The number of rotatable bonds is 4. The van der Waals surface area contributed by atoms with Crippen LogP contribution in [0, 0.1) is 13.8 Å². The average Bonchev–Trinajstić information content (AvgIpc) is 2.95. The smallest absolute Gasteiger partial charge is 0.259 e. The Kier molecular flexibility index (Phi) is 4.22. The van der Waals surface area contributed by atoms with Crippen molar-refractivity contribution in [2.45, 2.75) is 26.8 Å². The fourth-order valence-electron chi connectivity index (χ4n) is 2.49. The Balaban J connectivity index is 2.12. The first kappa shape index (κ1) is 16.6. The Morgan fingerprint density at radius 2 is 1.88 bits per heavy atom. The van der Waals surface area contributed by atoms with E-state index in [-0.39, 0.29) is 5.71 Å². The molecule has 0 aliphatic heterocycles. The molecule has 0 saturated heterocycles. The van der Waals surface area contributed by atoms with E-state index in [1.165, 1.54) is 6.92 Å². The molecule has 128 valence electrons. The van der Waals surface area contributed by atoms with Gasteiger partial charge >= 0.3 is 0 Å². The molecule has 2 heterocycles. The van der Waals surface area contributed by atoms with Crippen molar-refractivity contribution in [2.24, 2.45) is 5.73 Å². The minimum atomic E-state index is -0.793. The van der Waals surface area contributed by atoms with Crippen LogP contribution in [-0.4, -0.2) is 28.0 Å². The van der Waals surface area contributed by atoms with Crippen LogP contribution in [0.1, 0.15) is 28.5 Å². The molecule has 2 aromatic heterocycles. The van der Waals surface area contributed by atoms with Crippen LogP contribution in [0.4, 0.5) is 0 Å². The lowest BCUT2D eigenvalue weighted by molar-refractivity contribution is -0.119. The zero-order valence-electron chi connectivity index (χ0n) is 14.2. The first-order valence-electron chi connectivity index (χ1n) is 7.81. The predicted molar refractivity (Wildman–Crippen MR) is 92.8 cm³/mol. The molecule has 0 aliphatic rings. The van der Waals surface area contributed by atoms with Crippen molar-refractivity contribution >= 4 is 22.9 Å². The first-order chi connectivity index (χ1) is 11.9. The van der Waals surface area contributed by atoms with Crippen molar-refractivity contribution in [2.75, 3.05) is 0 Å². The standard InChI is InChI=1S/C18H18N4O3/c1-9-4-6-12(7-5-9)14-8-13(17(24)20-11(3)16(19)23)15-10(2)22-25-18(15)21-14/h4-8,11H,1-3H3,(H2,19,23)(H,20,24)/t11-/m0/s1. The Morgan fingerprint density at radius 3 is 2.52 bits per heavy atom. The molecule has 0 fully saturated rings. The second-order valence-corrected chi connectivity index (χ2v) is 5.97. The molecule has 0 radical (unpaired) electrons. The van der Waals surface area contributed by atoms with Gasteiger partial charge in [-0.05, 0) is 26.8 Å². The summed E-state index contributed by atoms with van der Waals surface area (Å²) in [5.41, 5.74) is 8.93. The summed E-state index contributed by atoms with van der Waals surface area (Å²) in [6.07, 6.45) is 0. The van der Waals surface area contributed by atoms with Crippen LogP contribution in [0.5, 0.6) is 0 Å². The third-order valence-electron chi connectivity index (χ3n) is 3.98. The summed E-state index contributed by atoms with van der Waals surface area (Å²) in [6.45, 7) is 5.25. The van der Waals surface area contributed by atoms with Crippen molar-refractivity contribution in [3.05, 3.63) is 47.2 Å². The summed E-state index contributed by atoms with van der Waals surface area (Å²) >= 11 is 0. The molecule has 0 unspecified atom stereocenters. The van der Waals surface area contributed by atoms with Crippen LogP contribution < -0.4 is 11.1 Å². The molecule has 3 aromatic rings. The van der Waals surface area contributed by atoms with Crippen LogP contribution in [0.3, 0.4) is 0 Å². The van der Waals surface area contributed by atoms with E-state index in [2.05, 4.69) is 15.5 Å². The molecular formula is C18H18N4O3. The van der Waals surface area contributed by atoms with E-state index in [1.54, 1.807) is 13.0 Å². The fraction of sp³-hybridized carbons (Fsp3) is 0.222. The lowest BCUT2D eigenvalue weighted by Gasteiger charge is -2.11. The van der Waals surface area contributed by atoms with Crippen LogP contribution in [0.2, 0.25) is 0 Å². The van der Waals surface area contributed by atoms with E-state index in [9.17, 15) is 9.59 Å². The van der Waals surface area contributed by atoms with E-state index >= 15 is 0 Å². The molecule has 0 aliphatic carbocycles. The third-order valence-corrected chi connectivity index (χ3v) is 3.98. The summed E-state index contributed by atoms with van der Waals surface area (Å²) in [7, 11) is 0. The number of primary amides is 1. The van der Waals surface area contributed by atoms with Crippen molar-refractivity contribution in [3.8, 4) is 11.3 Å². The molecule has 0 spiro atoms. The highest BCUT2D eigenvalue weighted by Gasteiger charge is 2.21.